The second kappa shape index (κ2) is 7.36. The van der Waals surface area contributed by atoms with Crippen molar-refractivity contribution < 1.29 is 9.31 Å². The van der Waals surface area contributed by atoms with Gasteiger partial charge in [0.05, 0.1) is 11.0 Å². The SMILES string of the molecule is Cc1cc(NC(CC(C)C)CN(C)C)c([N+](=O)[O-])cc1F. The molecule has 1 unspecified atom stereocenters. The monoisotopic (exact) mass is 297 g/mol. The number of hydrogen-bond donors (Lipinski definition) is 1. The first kappa shape index (κ1) is 17.4. The van der Waals surface area contributed by atoms with Crippen LogP contribution in [0.4, 0.5) is 15.8 Å². The summed E-state index contributed by atoms with van der Waals surface area (Å²) in [6.07, 6.45) is 0.881. The van der Waals surface area contributed by atoms with Crippen LogP contribution in [0, 0.1) is 28.8 Å². The van der Waals surface area contributed by atoms with Crippen LogP contribution in [-0.4, -0.2) is 36.5 Å². The molecule has 118 valence electrons. The van der Waals surface area contributed by atoms with Crippen LogP contribution in [-0.2, 0) is 0 Å². The van der Waals surface area contributed by atoms with E-state index in [2.05, 4.69) is 19.2 Å². The van der Waals surface area contributed by atoms with Crippen LogP contribution in [0.1, 0.15) is 25.8 Å². The van der Waals surface area contributed by atoms with E-state index in [1.807, 2.05) is 19.0 Å². The molecule has 0 heterocycles. The van der Waals surface area contributed by atoms with Gasteiger partial charge in [-0.15, -0.1) is 0 Å². The summed E-state index contributed by atoms with van der Waals surface area (Å²) in [4.78, 5) is 12.6. The van der Waals surface area contributed by atoms with E-state index >= 15 is 0 Å². The number of aryl methyl sites for hydroxylation is 1. The molecule has 0 amide bonds. The number of nitro benzene ring substituents is 1. The van der Waals surface area contributed by atoms with Crippen molar-refractivity contribution in [2.45, 2.75) is 33.2 Å². The molecule has 1 aromatic carbocycles. The lowest BCUT2D eigenvalue weighted by Crippen LogP contribution is -2.33. The Kier molecular flexibility index (Phi) is 6.08. The fraction of sp³-hybridized carbons (Fsp3) is 0.600. The van der Waals surface area contributed by atoms with Crippen LogP contribution >= 0.6 is 0 Å². The average Bonchev–Trinajstić information content (AvgIpc) is 2.31. The summed E-state index contributed by atoms with van der Waals surface area (Å²) in [6.45, 7) is 6.57. The fourth-order valence-electron chi connectivity index (χ4n) is 2.35. The molecule has 0 saturated carbocycles. The number of benzene rings is 1. The Morgan fingerprint density at radius 3 is 2.48 bits per heavy atom. The molecule has 21 heavy (non-hydrogen) atoms. The molecule has 0 aliphatic heterocycles. The average molecular weight is 297 g/mol. The topological polar surface area (TPSA) is 58.4 Å². The van der Waals surface area contributed by atoms with Gasteiger partial charge >= 0.3 is 0 Å². The predicted octanol–water partition coefficient (Wildman–Crippen LogP) is 3.43. The molecule has 0 aromatic heterocycles. The maximum absolute atomic E-state index is 13.5. The highest BCUT2D eigenvalue weighted by atomic mass is 19.1. The zero-order valence-electron chi connectivity index (χ0n) is 13.3. The van der Waals surface area contributed by atoms with Gasteiger partial charge in [-0.2, -0.15) is 0 Å². The van der Waals surface area contributed by atoms with E-state index in [4.69, 9.17) is 0 Å². The van der Waals surface area contributed by atoms with E-state index in [-0.39, 0.29) is 11.7 Å². The summed E-state index contributed by atoms with van der Waals surface area (Å²) in [5, 5.41) is 14.3. The molecule has 0 radical (unpaired) electrons. The lowest BCUT2D eigenvalue weighted by molar-refractivity contribution is -0.384. The van der Waals surface area contributed by atoms with E-state index in [1.54, 1.807) is 6.92 Å². The molecule has 5 nitrogen and oxygen atoms in total. The van der Waals surface area contributed by atoms with Crippen LogP contribution in [0.2, 0.25) is 0 Å². The third kappa shape index (κ3) is 5.30. The van der Waals surface area contributed by atoms with E-state index in [9.17, 15) is 14.5 Å². The van der Waals surface area contributed by atoms with Crippen molar-refractivity contribution in [3.63, 3.8) is 0 Å². The number of nitrogens with zero attached hydrogens (tertiary/aromatic N) is 2. The summed E-state index contributed by atoms with van der Waals surface area (Å²) < 4.78 is 13.5. The highest BCUT2D eigenvalue weighted by Crippen LogP contribution is 2.29. The van der Waals surface area contributed by atoms with E-state index in [1.165, 1.54) is 6.07 Å². The third-order valence-electron chi connectivity index (χ3n) is 3.17. The van der Waals surface area contributed by atoms with Gasteiger partial charge in [-0.25, -0.2) is 4.39 Å². The number of nitro groups is 1. The fourth-order valence-corrected chi connectivity index (χ4v) is 2.35. The second-order valence-electron chi connectivity index (χ2n) is 6.11. The maximum Gasteiger partial charge on any atom is 0.295 e. The van der Waals surface area contributed by atoms with Crippen molar-refractivity contribution in [3.05, 3.63) is 33.6 Å². The van der Waals surface area contributed by atoms with Gasteiger partial charge in [0.1, 0.15) is 11.5 Å². The molecule has 1 atom stereocenters. The molecule has 0 fully saturated rings. The number of anilines is 1. The lowest BCUT2D eigenvalue weighted by atomic mass is 10.0. The zero-order chi connectivity index (χ0) is 16.2. The van der Waals surface area contributed by atoms with Crippen molar-refractivity contribution in [1.29, 1.82) is 0 Å². The molecule has 1 rings (SSSR count). The largest absolute Gasteiger partial charge is 0.375 e. The molecule has 1 N–H and O–H groups in total. The molecule has 6 heteroatoms. The second-order valence-corrected chi connectivity index (χ2v) is 6.11. The van der Waals surface area contributed by atoms with Crippen LogP contribution in [0.15, 0.2) is 12.1 Å². The molecular formula is C15H24FN3O2. The molecular weight excluding hydrogens is 273 g/mol. The van der Waals surface area contributed by atoms with Crippen LogP contribution in [0.5, 0.6) is 0 Å². The number of halogens is 1. The number of hydrogen-bond acceptors (Lipinski definition) is 4. The molecule has 0 aliphatic carbocycles. The number of rotatable bonds is 7. The van der Waals surface area contributed by atoms with Gasteiger partial charge in [0, 0.05) is 12.6 Å². The molecule has 0 bridgehead atoms. The Morgan fingerprint density at radius 1 is 1.38 bits per heavy atom. The first-order valence-corrected chi connectivity index (χ1v) is 7.06. The summed E-state index contributed by atoms with van der Waals surface area (Å²) in [5.74, 6) is -0.0941. The molecule has 0 spiro atoms. The third-order valence-corrected chi connectivity index (χ3v) is 3.17. The van der Waals surface area contributed by atoms with Crippen LogP contribution in [0.3, 0.4) is 0 Å². The van der Waals surface area contributed by atoms with Gasteiger partial charge in [-0.1, -0.05) is 13.8 Å². The number of likely N-dealkylation sites (N-methyl/N-ethyl adjacent to an activating group) is 1. The van der Waals surface area contributed by atoms with E-state index < -0.39 is 10.7 Å². The van der Waals surface area contributed by atoms with Crippen molar-refractivity contribution >= 4 is 11.4 Å². The highest BCUT2D eigenvalue weighted by Gasteiger charge is 2.20. The van der Waals surface area contributed by atoms with Gasteiger partial charge in [-0.3, -0.25) is 10.1 Å². The van der Waals surface area contributed by atoms with Gasteiger partial charge in [-0.05, 0) is 45.0 Å². The molecule has 1 aromatic rings. The molecule has 0 saturated heterocycles. The Balaban J connectivity index is 3.06. The minimum absolute atomic E-state index is 0.0727. The quantitative estimate of drug-likeness (QED) is 0.619. The lowest BCUT2D eigenvalue weighted by Gasteiger charge is -2.25. The first-order chi connectivity index (χ1) is 9.70. The standard InChI is InChI=1S/C15H24FN3O2/c1-10(2)6-12(9-18(4)5)17-14-7-11(3)13(16)8-15(14)19(20)21/h7-8,10,12,17H,6,9H2,1-5H3. The van der Waals surface area contributed by atoms with Gasteiger partial charge in [0.25, 0.3) is 5.69 Å². The van der Waals surface area contributed by atoms with Crippen molar-refractivity contribution in [3.8, 4) is 0 Å². The Morgan fingerprint density at radius 2 is 2.00 bits per heavy atom. The Hall–Kier alpha value is -1.69. The maximum atomic E-state index is 13.5. The normalized spacial score (nSPS) is 12.8. The summed E-state index contributed by atoms with van der Waals surface area (Å²) in [6, 6.07) is 2.57. The predicted molar refractivity (Wildman–Crippen MR) is 83.2 cm³/mol. The number of nitrogens with one attached hydrogen (secondary N) is 1. The summed E-state index contributed by atoms with van der Waals surface area (Å²) >= 11 is 0. The smallest absolute Gasteiger partial charge is 0.295 e. The zero-order valence-corrected chi connectivity index (χ0v) is 13.3. The Labute approximate surface area is 125 Å². The van der Waals surface area contributed by atoms with Crippen LogP contribution < -0.4 is 5.32 Å². The highest BCUT2D eigenvalue weighted by molar-refractivity contribution is 5.63. The van der Waals surface area contributed by atoms with Gasteiger partial charge in [0.15, 0.2) is 0 Å². The van der Waals surface area contributed by atoms with E-state index in [0.717, 1.165) is 19.0 Å². The summed E-state index contributed by atoms with van der Waals surface area (Å²) in [7, 11) is 3.92. The minimum Gasteiger partial charge on any atom is -0.375 e. The first-order valence-electron chi connectivity index (χ1n) is 7.06. The van der Waals surface area contributed by atoms with Crippen molar-refractivity contribution in [2.24, 2.45) is 5.92 Å². The van der Waals surface area contributed by atoms with Gasteiger partial charge in [0.2, 0.25) is 0 Å². The van der Waals surface area contributed by atoms with E-state index in [0.29, 0.717) is 17.2 Å². The minimum atomic E-state index is -0.555. The molecule has 0 aliphatic rings. The van der Waals surface area contributed by atoms with Crippen molar-refractivity contribution in [1.82, 2.24) is 4.90 Å². The summed E-state index contributed by atoms with van der Waals surface area (Å²) in [5.41, 5.74) is 0.563. The Bertz CT molecular complexity index is 494. The van der Waals surface area contributed by atoms with Crippen LogP contribution in [0.25, 0.3) is 0 Å². The van der Waals surface area contributed by atoms with Gasteiger partial charge < -0.3 is 10.2 Å². The van der Waals surface area contributed by atoms with Crippen molar-refractivity contribution in [2.75, 3.05) is 26.0 Å².